The van der Waals surface area contributed by atoms with Gasteiger partial charge in [0.05, 0.1) is 0 Å². The van der Waals surface area contributed by atoms with Crippen LogP contribution in [0.15, 0.2) is 0 Å². The van der Waals surface area contributed by atoms with E-state index >= 15 is 0 Å². The number of hydrogen-bond donors (Lipinski definition) is 2. The lowest BCUT2D eigenvalue weighted by atomic mass is 10.0. The normalized spacial score (nSPS) is 10.0. The Balaban J connectivity index is -0.00000264. The van der Waals surface area contributed by atoms with Crippen molar-refractivity contribution in [2.75, 3.05) is 0 Å². The predicted octanol–water partition coefficient (Wildman–Crippen LogP) is 7.02. The number of rotatable bonds is 19. The van der Waals surface area contributed by atoms with Gasteiger partial charge in [0.2, 0.25) is 0 Å². The maximum atomic E-state index is 10.4. The number of halogens is 2. The summed E-state index contributed by atoms with van der Waals surface area (Å²) in [4.78, 5) is 20.7. The minimum Gasteiger partial charge on any atom is -0.481 e. The molecule has 4 nitrogen and oxygen atoms in total. The van der Waals surface area contributed by atoms with E-state index in [1.54, 1.807) is 0 Å². The van der Waals surface area contributed by atoms with E-state index < -0.39 is 11.9 Å². The summed E-state index contributed by atoms with van der Waals surface area (Å²) < 4.78 is 0. The topological polar surface area (TPSA) is 74.6 Å². The van der Waals surface area contributed by atoms with Crippen LogP contribution in [0.4, 0.5) is 0 Å². The molecule has 0 aromatic rings. The first-order valence-corrected chi connectivity index (χ1v) is 10.1. The van der Waals surface area contributed by atoms with Gasteiger partial charge in [-0.15, -0.1) is 24.8 Å². The highest BCUT2D eigenvalue weighted by Crippen LogP contribution is 2.14. The second kappa shape index (κ2) is 24.5. The van der Waals surface area contributed by atoms with Crippen LogP contribution in [0.25, 0.3) is 0 Å². The molecule has 0 fully saturated rings. The third kappa shape index (κ3) is 28.3. The lowest BCUT2D eigenvalue weighted by Crippen LogP contribution is -1.93. The van der Waals surface area contributed by atoms with E-state index in [1.807, 2.05) is 0 Å². The monoisotopic (exact) mass is 414 g/mol. The number of carboxylic acid groups (broad SMARTS) is 2. The van der Waals surface area contributed by atoms with Crippen LogP contribution in [0.1, 0.15) is 116 Å². The van der Waals surface area contributed by atoms with Crippen LogP contribution >= 0.6 is 24.8 Å². The Morgan fingerprint density at radius 1 is 0.385 bits per heavy atom. The Bertz CT molecular complexity index is 282. The molecule has 0 radical (unpaired) electrons. The van der Waals surface area contributed by atoms with Crippen LogP contribution in [-0.2, 0) is 9.59 Å². The zero-order valence-corrected chi connectivity index (χ0v) is 17.9. The molecule has 0 spiro atoms. The van der Waals surface area contributed by atoms with Gasteiger partial charge in [-0.25, -0.2) is 0 Å². The minimum atomic E-state index is -0.673. The van der Waals surface area contributed by atoms with Gasteiger partial charge in [0, 0.05) is 12.8 Å². The largest absolute Gasteiger partial charge is 0.481 e. The number of unbranched alkanes of at least 4 members (excludes halogenated alkanes) is 15. The average molecular weight is 415 g/mol. The first-order chi connectivity index (χ1) is 11.6. The second-order valence-corrected chi connectivity index (χ2v) is 6.94. The first kappa shape index (κ1) is 30.3. The van der Waals surface area contributed by atoms with Crippen molar-refractivity contribution in [2.45, 2.75) is 116 Å². The fraction of sp³-hybridized carbons (Fsp3) is 0.900. The summed E-state index contributed by atoms with van der Waals surface area (Å²) in [7, 11) is 0. The molecule has 0 aliphatic carbocycles. The van der Waals surface area contributed by atoms with Crippen LogP contribution in [0.3, 0.4) is 0 Å². The highest BCUT2D eigenvalue weighted by atomic mass is 35.5. The van der Waals surface area contributed by atoms with Crippen molar-refractivity contribution in [3.05, 3.63) is 0 Å². The molecule has 158 valence electrons. The van der Waals surface area contributed by atoms with E-state index in [9.17, 15) is 9.59 Å². The lowest BCUT2D eigenvalue weighted by molar-refractivity contribution is -0.138. The van der Waals surface area contributed by atoms with E-state index in [1.165, 1.54) is 77.0 Å². The van der Waals surface area contributed by atoms with E-state index in [4.69, 9.17) is 10.2 Å². The molecule has 0 bridgehead atoms. The summed E-state index contributed by atoms with van der Waals surface area (Å²) in [6.07, 6.45) is 19.9. The van der Waals surface area contributed by atoms with Gasteiger partial charge in [0.1, 0.15) is 0 Å². The van der Waals surface area contributed by atoms with Crippen LogP contribution < -0.4 is 0 Å². The van der Waals surface area contributed by atoms with Gasteiger partial charge < -0.3 is 10.2 Å². The Labute approximate surface area is 172 Å². The summed E-state index contributed by atoms with van der Waals surface area (Å²) in [6.45, 7) is 0. The van der Waals surface area contributed by atoms with Crippen molar-refractivity contribution in [1.82, 2.24) is 0 Å². The Morgan fingerprint density at radius 2 is 0.538 bits per heavy atom. The molecule has 0 rings (SSSR count). The molecule has 0 unspecified atom stereocenters. The zero-order valence-electron chi connectivity index (χ0n) is 16.3. The van der Waals surface area contributed by atoms with E-state index in [0.29, 0.717) is 12.8 Å². The van der Waals surface area contributed by atoms with Gasteiger partial charge in [-0.3, -0.25) is 9.59 Å². The molecule has 0 aromatic heterocycles. The molecule has 0 saturated carbocycles. The third-order valence-corrected chi connectivity index (χ3v) is 4.53. The standard InChI is InChI=1S/C20H38O4.2ClH/c21-19(22)17-15-13-11-9-7-5-3-1-2-4-6-8-10-12-14-16-18-20(23)24;;/h1-18H2,(H,21,22)(H,23,24);2*1H. The summed E-state index contributed by atoms with van der Waals surface area (Å²) in [5.74, 6) is -1.35. The SMILES string of the molecule is Cl.Cl.O=C(O)CCCCCCCCCCCCCCCCCCC(=O)O. The van der Waals surface area contributed by atoms with E-state index in [0.717, 1.165) is 25.7 Å². The number of carboxylic acids is 2. The Kier molecular flexibility index (Phi) is 28.5. The van der Waals surface area contributed by atoms with E-state index in [-0.39, 0.29) is 24.8 Å². The number of aliphatic carboxylic acids is 2. The van der Waals surface area contributed by atoms with Crippen LogP contribution in [0, 0.1) is 0 Å². The van der Waals surface area contributed by atoms with Crippen molar-refractivity contribution in [1.29, 1.82) is 0 Å². The molecule has 0 heterocycles. The highest BCUT2D eigenvalue weighted by Gasteiger charge is 1.98. The fourth-order valence-electron chi connectivity index (χ4n) is 3.03. The average Bonchev–Trinajstić information content (AvgIpc) is 2.53. The van der Waals surface area contributed by atoms with Crippen LogP contribution in [0.2, 0.25) is 0 Å². The van der Waals surface area contributed by atoms with Crippen molar-refractivity contribution < 1.29 is 19.8 Å². The van der Waals surface area contributed by atoms with Crippen molar-refractivity contribution >= 4 is 36.8 Å². The molecule has 0 amide bonds. The minimum absolute atomic E-state index is 0. The molecule has 0 atom stereocenters. The molecule has 0 aliphatic rings. The molecule has 6 heteroatoms. The maximum Gasteiger partial charge on any atom is 0.303 e. The zero-order chi connectivity index (χ0) is 17.9. The van der Waals surface area contributed by atoms with Gasteiger partial charge >= 0.3 is 11.9 Å². The first-order valence-electron chi connectivity index (χ1n) is 10.1. The Morgan fingerprint density at radius 3 is 0.692 bits per heavy atom. The summed E-state index contributed by atoms with van der Waals surface area (Å²) in [5.41, 5.74) is 0. The highest BCUT2D eigenvalue weighted by molar-refractivity contribution is 5.85. The predicted molar refractivity (Wildman–Crippen MR) is 113 cm³/mol. The maximum absolute atomic E-state index is 10.4. The Hall–Kier alpha value is -0.480. The van der Waals surface area contributed by atoms with Crippen molar-refractivity contribution in [2.24, 2.45) is 0 Å². The van der Waals surface area contributed by atoms with Gasteiger partial charge in [-0.05, 0) is 12.8 Å². The van der Waals surface area contributed by atoms with Gasteiger partial charge in [0.25, 0.3) is 0 Å². The summed E-state index contributed by atoms with van der Waals surface area (Å²) in [6, 6.07) is 0. The van der Waals surface area contributed by atoms with Gasteiger partial charge in [0.15, 0.2) is 0 Å². The molecule has 2 N–H and O–H groups in total. The molecular formula is C20H40Cl2O4. The van der Waals surface area contributed by atoms with Gasteiger partial charge in [-0.1, -0.05) is 89.9 Å². The molecular weight excluding hydrogens is 375 g/mol. The third-order valence-electron chi connectivity index (χ3n) is 4.53. The van der Waals surface area contributed by atoms with Crippen molar-refractivity contribution in [3.8, 4) is 0 Å². The summed E-state index contributed by atoms with van der Waals surface area (Å²) in [5, 5.41) is 17.1. The lowest BCUT2D eigenvalue weighted by Gasteiger charge is -2.03. The number of carbonyl (C=O) groups is 2. The fourth-order valence-corrected chi connectivity index (χ4v) is 3.03. The molecule has 26 heavy (non-hydrogen) atoms. The quantitative estimate of drug-likeness (QED) is 0.222. The molecule has 0 saturated heterocycles. The molecule has 0 aromatic carbocycles. The van der Waals surface area contributed by atoms with Crippen LogP contribution in [-0.4, -0.2) is 22.2 Å². The smallest absolute Gasteiger partial charge is 0.303 e. The number of hydrogen-bond acceptors (Lipinski definition) is 2. The van der Waals surface area contributed by atoms with Crippen molar-refractivity contribution in [3.63, 3.8) is 0 Å². The second-order valence-electron chi connectivity index (χ2n) is 6.94. The van der Waals surface area contributed by atoms with Crippen LogP contribution in [0.5, 0.6) is 0 Å². The summed E-state index contributed by atoms with van der Waals surface area (Å²) >= 11 is 0. The van der Waals surface area contributed by atoms with Gasteiger partial charge in [-0.2, -0.15) is 0 Å². The van der Waals surface area contributed by atoms with E-state index in [2.05, 4.69) is 0 Å². The molecule has 0 aliphatic heterocycles.